The summed E-state index contributed by atoms with van der Waals surface area (Å²) in [5, 5.41) is 2.75. The van der Waals surface area contributed by atoms with Crippen molar-refractivity contribution in [2.75, 3.05) is 18.4 Å². The van der Waals surface area contributed by atoms with E-state index >= 15 is 0 Å². The van der Waals surface area contributed by atoms with Crippen molar-refractivity contribution in [3.8, 4) is 11.6 Å². The predicted octanol–water partition coefficient (Wildman–Crippen LogP) is 4.12. The lowest BCUT2D eigenvalue weighted by Crippen LogP contribution is -2.52. The number of carbonyl (C=O) groups is 1. The Morgan fingerprint density at radius 3 is 2.66 bits per heavy atom. The lowest BCUT2D eigenvalue weighted by molar-refractivity contribution is -0.125. The second-order valence-electron chi connectivity index (χ2n) is 7.65. The normalized spacial score (nSPS) is 19.2. The molecule has 4 heterocycles. The zero-order valence-electron chi connectivity index (χ0n) is 17.5. The first kappa shape index (κ1) is 21.8. The number of aromatic nitrogens is 3. The first-order valence-corrected chi connectivity index (χ1v) is 10.3. The third-order valence-corrected chi connectivity index (χ3v) is 5.54. The number of halogens is 2. The summed E-state index contributed by atoms with van der Waals surface area (Å²) in [7, 11) is 0. The first-order valence-electron chi connectivity index (χ1n) is 10.3. The Morgan fingerprint density at radius 2 is 1.97 bits per heavy atom. The summed E-state index contributed by atoms with van der Waals surface area (Å²) in [4.78, 5) is 26.7. The van der Waals surface area contributed by atoms with Crippen molar-refractivity contribution in [3.63, 3.8) is 0 Å². The Morgan fingerprint density at radius 1 is 1.16 bits per heavy atom. The molecule has 1 fully saturated rings. The highest BCUT2D eigenvalue weighted by molar-refractivity contribution is 5.93. The zero-order chi connectivity index (χ0) is 22.6. The van der Waals surface area contributed by atoms with E-state index in [0.717, 1.165) is 0 Å². The fourth-order valence-electron chi connectivity index (χ4n) is 3.66. The van der Waals surface area contributed by atoms with E-state index in [1.807, 2.05) is 0 Å². The SMILES string of the molecule is CC(C(=O)Nc1ccc(Oc2ccccn2)cn1)N1CCC(F)(F)[C@@H](c2ccncc2)C1. The second kappa shape index (κ2) is 9.35. The molecule has 166 valence electrons. The van der Waals surface area contributed by atoms with Crippen LogP contribution in [0.25, 0.3) is 0 Å². The highest BCUT2D eigenvalue weighted by Crippen LogP contribution is 2.40. The Kier molecular flexibility index (Phi) is 6.36. The van der Waals surface area contributed by atoms with Gasteiger partial charge in [-0.25, -0.2) is 18.7 Å². The summed E-state index contributed by atoms with van der Waals surface area (Å²) in [6.45, 7) is 1.92. The van der Waals surface area contributed by atoms with Gasteiger partial charge in [0.15, 0.2) is 0 Å². The number of nitrogens with one attached hydrogen (secondary N) is 1. The van der Waals surface area contributed by atoms with E-state index in [1.165, 1.54) is 18.6 Å². The molecule has 1 amide bonds. The molecular formula is C23H23F2N5O2. The molecular weight excluding hydrogens is 416 g/mol. The summed E-state index contributed by atoms with van der Waals surface area (Å²) in [6, 6.07) is 11.2. The molecule has 7 nitrogen and oxygen atoms in total. The topological polar surface area (TPSA) is 80.2 Å². The van der Waals surface area contributed by atoms with Gasteiger partial charge in [0.2, 0.25) is 11.8 Å². The van der Waals surface area contributed by atoms with Gasteiger partial charge in [0.1, 0.15) is 11.6 Å². The number of likely N-dealkylation sites (tertiary alicyclic amines) is 1. The van der Waals surface area contributed by atoms with Gasteiger partial charge >= 0.3 is 0 Å². The molecule has 0 bridgehead atoms. The zero-order valence-corrected chi connectivity index (χ0v) is 17.5. The summed E-state index contributed by atoms with van der Waals surface area (Å²) < 4.78 is 34.7. The third-order valence-electron chi connectivity index (χ3n) is 5.54. The molecule has 0 aliphatic carbocycles. The molecule has 0 spiro atoms. The Balaban J connectivity index is 1.38. The van der Waals surface area contributed by atoms with Crippen LogP contribution in [0, 0.1) is 0 Å². The Labute approximate surface area is 184 Å². The molecule has 9 heteroatoms. The fraction of sp³-hybridized carbons (Fsp3) is 0.304. The maximum Gasteiger partial charge on any atom is 0.257 e. The van der Waals surface area contributed by atoms with Crippen molar-refractivity contribution >= 4 is 11.7 Å². The van der Waals surface area contributed by atoms with Crippen LogP contribution in [-0.4, -0.2) is 50.8 Å². The molecule has 1 N–H and O–H groups in total. The monoisotopic (exact) mass is 439 g/mol. The van der Waals surface area contributed by atoms with Gasteiger partial charge in [0.25, 0.3) is 5.92 Å². The van der Waals surface area contributed by atoms with E-state index in [2.05, 4.69) is 20.3 Å². The maximum absolute atomic E-state index is 14.6. The van der Waals surface area contributed by atoms with Gasteiger partial charge in [0, 0.05) is 44.2 Å². The third kappa shape index (κ3) is 5.05. The van der Waals surface area contributed by atoms with Gasteiger partial charge in [-0.15, -0.1) is 0 Å². The molecule has 32 heavy (non-hydrogen) atoms. The van der Waals surface area contributed by atoms with Crippen LogP contribution in [0.15, 0.2) is 67.3 Å². The number of ether oxygens (including phenoxy) is 1. The van der Waals surface area contributed by atoms with Crippen molar-refractivity contribution in [1.82, 2.24) is 19.9 Å². The number of nitrogens with zero attached hydrogens (tertiary/aromatic N) is 4. The summed E-state index contributed by atoms with van der Waals surface area (Å²) in [5.41, 5.74) is 0.521. The smallest absolute Gasteiger partial charge is 0.257 e. The molecule has 3 aromatic heterocycles. The van der Waals surface area contributed by atoms with Crippen LogP contribution < -0.4 is 10.1 Å². The number of hydrogen-bond acceptors (Lipinski definition) is 6. The van der Waals surface area contributed by atoms with Crippen LogP contribution in [0.1, 0.15) is 24.8 Å². The van der Waals surface area contributed by atoms with E-state index in [9.17, 15) is 13.6 Å². The number of alkyl halides is 2. The summed E-state index contributed by atoms with van der Waals surface area (Å²) in [5.74, 6) is -2.87. The number of carbonyl (C=O) groups excluding carboxylic acids is 1. The van der Waals surface area contributed by atoms with Gasteiger partial charge < -0.3 is 10.1 Å². The molecule has 1 unspecified atom stereocenters. The average molecular weight is 439 g/mol. The minimum Gasteiger partial charge on any atom is -0.437 e. The molecule has 0 aromatic carbocycles. The average Bonchev–Trinajstić information content (AvgIpc) is 2.81. The van der Waals surface area contributed by atoms with Crippen molar-refractivity contribution in [1.29, 1.82) is 0 Å². The van der Waals surface area contributed by atoms with E-state index in [-0.39, 0.29) is 25.4 Å². The maximum atomic E-state index is 14.6. The van der Waals surface area contributed by atoms with E-state index in [4.69, 9.17) is 4.74 Å². The van der Waals surface area contributed by atoms with Crippen LogP contribution in [0.4, 0.5) is 14.6 Å². The minimum absolute atomic E-state index is 0.0792. The Hall–Kier alpha value is -3.46. The highest BCUT2D eigenvalue weighted by atomic mass is 19.3. The lowest BCUT2D eigenvalue weighted by Gasteiger charge is -2.40. The van der Waals surface area contributed by atoms with Crippen molar-refractivity contribution in [2.24, 2.45) is 0 Å². The standard InChI is InChI=1S/C23H23F2N5O2/c1-16(30-13-9-23(24,25)19(15-30)17-7-11-26-12-8-17)22(31)29-20-6-5-18(14-28-20)32-21-4-2-3-10-27-21/h2-8,10-12,14,16,19H,9,13,15H2,1H3,(H,28,29,31)/t16?,19-/m1/s1. The van der Waals surface area contributed by atoms with Crippen LogP contribution >= 0.6 is 0 Å². The molecule has 1 aliphatic rings. The fourth-order valence-corrected chi connectivity index (χ4v) is 3.66. The van der Waals surface area contributed by atoms with Crippen LogP contribution in [0.5, 0.6) is 11.6 Å². The van der Waals surface area contributed by atoms with Gasteiger partial charge in [-0.3, -0.25) is 14.7 Å². The quantitative estimate of drug-likeness (QED) is 0.623. The van der Waals surface area contributed by atoms with Crippen LogP contribution in [-0.2, 0) is 4.79 Å². The van der Waals surface area contributed by atoms with Gasteiger partial charge in [-0.1, -0.05) is 6.07 Å². The van der Waals surface area contributed by atoms with E-state index in [0.29, 0.717) is 23.0 Å². The first-order chi connectivity index (χ1) is 15.4. The second-order valence-corrected chi connectivity index (χ2v) is 7.65. The number of anilines is 1. The largest absolute Gasteiger partial charge is 0.437 e. The number of amides is 1. The number of hydrogen-bond donors (Lipinski definition) is 1. The molecule has 1 aliphatic heterocycles. The molecule has 4 rings (SSSR count). The van der Waals surface area contributed by atoms with E-state index < -0.39 is 17.9 Å². The van der Waals surface area contributed by atoms with Crippen molar-refractivity contribution < 1.29 is 18.3 Å². The number of pyridine rings is 3. The number of piperidine rings is 1. The van der Waals surface area contributed by atoms with Gasteiger partial charge in [-0.05, 0) is 42.8 Å². The van der Waals surface area contributed by atoms with E-state index in [1.54, 1.807) is 60.5 Å². The highest BCUT2D eigenvalue weighted by Gasteiger charge is 2.46. The summed E-state index contributed by atoms with van der Waals surface area (Å²) in [6.07, 6.45) is 5.81. The van der Waals surface area contributed by atoms with Crippen molar-refractivity contribution in [3.05, 3.63) is 72.8 Å². The van der Waals surface area contributed by atoms with Gasteiger partial charge in [-0.2, -0.15) is 0 Å². The molecule has 0 saturated carbocycles. The predicted molar refractivity (Wildman–Crippen MR) is 115 cm³/mol. The van der Waals surface area contributed by atoms with Crippen molar-refractivity contribution in [2.45, 2.75) is 31.2 Å². The molecule has 1 saturated heterocycles. The number of rotatable bonds is 6. The van der Waals surface area contributed by atoms with Gasteiger partial charge in [0.05, 0.1) is 18.2 Å². The lowest BCUT2D eigenvalue weighted by atomic mass is 9.87. The molecule has 3 aromatic rings. The van der Waals surface area contributed by atoms with Crippen LogP contribution in [0.3, 0.4) is 0 Å². The Bertz CT molecular complexity index is 1040. The molecule has 2 atom stereocenters. The molecule has 0 radical (unpaired) electrons. The summed E-state index contributed by atoms with van der Waals surface area (Å²) >= 11 is 0. The minimum atomic E-state index is -2.83. The van der Waals surface area contributed by atoms with Crippen LogP contribution in [0.2, 0.25) is 0 Å².